The Morgan fingerprint density at radius 1 is 1.39 bits per heavy atom. The molecule has 18 heavy (non-hydrogen) atoms. The summed E-state index contributed by atoms with van der Waals surface area (Å²) in [4.78, 5) is 35.3. The van der Waals surface area contributed by atoms with Crippen molar-refractivity contribution in [3.05, 3.63) is 0 Å². The average molecular weight is 252 g/mol. The third-order valence-electron chi connectivity index (χ3n) is 4.91. The van der Waals surface area contributed by atoms with Crippen molar-refractivity contribution >= 4 is 17.5 Å². The highest BCUT2D eigenvalue weighted by Gasteiger charge is 2.64. The van der Waals surface area contributed by atoms with Gasteiger partial charge in [0.15, 0.2) is 0 Å². The summed E-state index contributed by atoms with van der Waals surface area (Å²) in [6.07, 6.45) is 1.86. The Hall–Kier alpha value is -1.19. The van der Waals surface area contributed by atoms with E-state index in [0.717, 1.165) is 0 Å². The second-order valence-electron chi connectivity index (χ2n) is 6.13. The van der Waals surface area contributed by atoms with E-state index in [1.165, 1.54) is 6.92 Å². The van der Waals surface area contributed by atoms with Crippen LogP contribution in [0.2, 0.25) is 0 Å². The molecule has 0 radical (unpaired) electrons. The number of rotatable bonds is 3. The van der Waals surface area contributed by atoms with E-state index in [0.29, 0.717) is 25.9 Å². The topological polar surface area (TPSA) is 60.4 Å². The summed E-state index contributed by atoms with van der Waals surface area (Å²) in [7, 11) is 0. The molecule has 1 spiro atoms. The number of hydrogen-bond acceptors (Lipinski definition) is 4. The second kappa shape index (κ2) is 4.18. The molecule has 100 valence electrons. The van der Waals surface area contributed by atoms with Crippen molar-refractivity contribution in [3.8, 4) is 0 Å². The third kappa shape index (κ3) is 1.70. The first-order valence-electron chi connectivity index (χ1n) is 6.50. The highest BCUT2D eigenvalue weighted by Crippen LogP contribution is 2.59. The number of carbonyl (C=O) groups is 3. The molecule has 0 bridgehead atoms. The van der Waals surface area contributed by atoms with Gasteiger partial charge in [-0.2, -0.15) is 0 Å². The van der Waals surface area contributed by atoms with Gasteiger partial charge in [-0.1, -0.05) is 13.8 Å². The van der Waals surface area contributed by atoms with Gasteiger partial charge in [0, 0.05) is 18.8 Å². The number of Topliss-reactive ketones (excluding diaryl/α,β-unsaturated/α-hetero) is 2. The molecule has 1 saturated heterocycles. The fraction of sp³-hybridized carbons (Fsp3) is 0.786. The SMILES string of the molecule is CC(=O)CC[C@@H]1C(=O)C[C@@]2(CCOC2=O)C1(C)C. The fourth-order valence-corrected chi connectivity index (χ4v) is 3.56. The minimum absolute atomic E-state index is 0.0912. The first-order valence-corrected chi connectivity index (χ1v) is 6.50. The Bertz CT molecular complexity index is 410. The molecule has 0 amide bonds. The van der Waals surface area contributed by atoms with Crippen molar-refractivity contribution in [2.45, 2.75) is 46.5 Å². The van der Waals surface area contributed by atoms with Gasteiger partial charge >= 0.3 is 5.97 Å². The molecule has 2 atom stereocenters. The van der Waals surface area contributed by atoms with E-state index >= 15 is 0 Å². The lowest BCUT2D eigenvalue weighted by molar-refractivity contribution is -0.151. The Morgan fingerprint density at radius 2 is 2.06 bits per heavy atom. The van der Waals surface area contributed by atoms with E-state index in [4.69, 9.17) is 4.74 Å². The maximum atomic E-state index is 12.2. The zero-order chi connectivity index (χ0) is 13.6. The standard InChI is InChI=1S/C14H20O4/c1-9(15)4-5-10-11(16)8-14(13(10,2)3)6-7-18-12(14)17/h10H,4-8H2,1-3H3/t10-,14-/m1/s1. The first kappa shape index (κ1) is 13.2. The van der Waals surface area contributed by atoms with E-state index in [9.17, 15) is 14.4 Å². The highest BCUT2D eigenvalue weighted by atomic mass is 16.5. The molecule has 0 N–H and O–H groups in total. The molecule has 1 aliphatic carbocycles. The zero-order valence-electron chi connectivity index (χ0n) is 11.2. The monoisotopic (exact) mass is 252 g/mol. The molecule has 2 rings (SSSR count). The number of ether oxygens (including phenoxy) is 1. The van der Waals surface area contributed by atoms with Gasteiger partial charge in [0.1, 0.15) is 11.6 Å². The highest BCUT2D eigenvalue weighted by molar-refractivity contribution is 5.95. The normalized spacial score (nSPS) is 34.1. The average Bonchev–Trinajstić information content (AvgIpc) is 2.68. The van der Waals surface area contributed by atoms with Gasteiger partial charge in [0.05, 0.1) is 12.0 Å². The van der Waals surface area contributed by atoms with Crippen LogP contribution in [-0.4, -0.2) is 24.1 Å². The number of ketones is 2. The molecule has 1 aliphatic heterocycles. The molecule has 2 aliphatic rings. The van der Waals surface area contributed by atoms with Crippen LogP contribution in [0.15, 0.2) is 0 Å². The van der Waals surface area contributed by atoms with Gasteiger partial charge in [-0.05, 0) is 25.2 Å². The summed E-state index contributed by atoms with van der Waals surface area (Å²) in [5.41, 5.74) is -1.06. The summed E-state index contributed by atoms with van der Waals surface area (Å²) in [5, 5.41) is 0. The summed E-state index contributed by atoms with van der Waals surface area (Å²) in [5.74, 6) is -0.230. The quantitative estimate of drug-likeness (QED) is 0.720. The largest absolute Gasteiger partial charge is 0.465 e. The van der Waals surface area contributed by atoms with Gasteiger partial charge in [-0.15, -0.1) is 0 Å². The van der Waals surface area contributed by atoms with Gasteiger partial charge in [-0.3, -0.25) is 9.59 Å². The fourth-order valence-electron chi connectivity index (χ4n) is 3.56. The molecule has 1 saturated carbocycles. The first-order chi connectivity index (χ1) is 8.31. The van der Waals surface area contributed by atoms with Crippen LogP contribution in [0.4, 0.5) is 0 Å². The van der Waals surface area contributed by atoms with Gasteiger partial charge < -0.3 is 9.53 Å². The van der Waals surface area contributed by atoms with Gasteiger partial charge in [0.2, 0.25) is 0 Å². The number of cyclic esters (lactones) is 1. The Labute approximate surface area is 107 Å². The predicted octanol–water partition coefficient (Wildman–Crippen LogP) is 1.90. The van der Waals surface area contributed by atoms with Crippen molar-refractivity contribution in [3.63, 3.8) is 0 Å². The van der Waals surface area contributed by atoms with E-state index in [1.807, 2.05) is 13.8 Å². The molecule has 4 heteroatoms. The van der Waals surface area contributed by atoms with Gasteiger partial charge in [0.25, 0.3) is 0 Å². The molecular weight excluding hydrogens is 232 g/mol. The van der Waals surface area contributed by atoms with E-state index < -0.39 is 10.8 Å². The molecular formula is C14H20O4. The van der Waals surface area contributed by atoms with Crippen LogP contribution in [0.25, 0.3) is 0 Å². The third-order valence-corrected chi connectivity index (χ3v) is 4.91. The van der Waals surface area contributed by atoms with E-state index in [2.05, 4.69) is 0 Å². The second-order valence-corrected chi connectivity index (χ2v) is 6.13. The maximum Gasteiger partial charge on any atom is 0.313 e. The van der Waals surface area contributed by atoms with Crippen molar-refractivity contribution in [2.24, 2.45) is 16.7 Å². The summed E-state index contributed by atoms with van der Waals surface area (Å²) >= 11 is 0. The minimum Gasteiger partial charge on any atom is -0.465 e. The molecule has 1 heterocycles. The smallest absolute Gasteiger partial charge is 0.313 e. The van der Waals surface area contributed by atoms with Crippen molar-refractivity contribution < 1.29 is 19.1 Å². The van der Waals surface area contributed by atoms with Crippen LogP contribution in [-0.2, 0) is 19.1 Å². The van der Waals surface area contributed by atoms with Crippen LogP contribution >= 0.6 is 0 Å². The minimum atomic E-state index is -0.647. The van der Waals surface area contributed by atoms with Crippen molar-refractivity contribution in [2.75, 3.05) is 6.61 Å². The number of hydrogen-bond donors (Lipinski definition) is 0. The number of carbonyl (C=O) groups excluding carboxylic acids is 3. The zero-order valence-corrected chi connectivity index (χ0v) is 11.2. The summed E-state index contributed by atoms with van der Waals surface area (Å²) < 4.78 is 5.09. The summed E-state index contributed by atoms with van der Waals surface area (Å²) in [6, 6.07) is 0. The number of esters is 1. The van der Waals surface area contributed by atoms with Crippen molar-refractivity contribution in [1.82, 2.24) is 0 Å². The molecule has 2 fully saturated rings. The Kier molecular flexibility index (Phi) is 3.07. The molecule has 0 aromatic heterocycles. The summed E-state index contributed by atoms with van der Waals surface area (Å²) in [6.45, 7) is 5.88. The molecule has 4 nitrogen and oxygen atoms in total. The molecule has 0 unspecified atom stereocenters. The lowest BCUT2D eigenvalue weighted by Crippen LogP contribution is -2.40. The molecule has 0 aromatic rings. The van der Waals surface area contributed by atoms with E-state index in [1.54, 1.807) is 0 Å². The van der Waals surface area contributed by atoms with E-state index in [-0.39, 0.29) is 29.9 Å². The van der Waals surface area contributed by atoms with Crippen LogP contribution in [0.3, 0.4) is 0 Å². The van der Waals surface area contributed by atoms with Crippen LogP contribution in [0.5, 0.6) is 0 Å². The van der Waals surface area contributed by atoms with Crippen LogP contribution in [0.1, 0.15) is 46.5 Å². The van der Waals surface area contributed by atoms with Crippen LogP contribution in [0, 0.1) is 16.7 Å². The Balaban J connectivity index is 2.26. The Morgan fingerprint density at radius 3 is 2.56 bits per heavy atom. The molecule has 0 aromatic carbocycles. The predicted molar refractivity (Wildman–Crippen MR) is 64.8 cm³/mol. The lowest BCUT2D eigenvalue weighted by atomic mass is 9.63. The van der Waals surface area contributed by atoms with Gasteiger partial charge in [-0.25, -0.2) is 0 Å². The lowest BCUT2D eigenvalue weighted by Gasteiger charge is -2.37. The van der Waals surface area contributed by atoms with Crippen LogP contribution < -0.4 is 0 Å². The maximum absolute atomic E-state index is 12.2. The van der Waals surface area contributed by atoms with Crippen molar-refractivity contribution in [1.29, 1.82) is 0 Å².